The van der Waals surface area contributed by atoms with Crippen LogP contribution in [0.1, 0.15) is 43.0 Å². The predicted molar refractivity (Wildman–Crippen MR) is 77.4 cm³/mol. The van der Waals surface area contributed by atoms with Gasteiger partial charge in [0.1, 0.15) is 5.56 Å². The van der Waals surface area contributed by atoms with Crippen LogP contribution in [0.4, 0.5) is 10.5 Å². The minimum absolute atomic E-state index is 0.0940. The number of hydrogen-bond donors (Lipinski definition) is 3. The van der Waals surface area contributed by atoms with E-state index in [2.05, 4.69) is 10.6 Å². The number of carbonyl (C=O) groups excluding carboxylic acids is 1. The SMILES string of the molecule is CCC1(NC(=O)Nc2cccc(Cl)c2C(=O)O)CCC1. The maximum atomic E-state index is 12.0. The Kier molecular flexibility index (Phi) is 4.18. The highest BCUT2D eigenvalue weighted by Crippen LogP contribution is 2.34. The van der Waals surface area contributed by atoms with Crippen molar-refractivity contribution >= 4 is 29.3 Å². The van der Waals surface area contributed by atoms with E-state index in [0.29, 0.717) is 0 Å². The van der Waals surface area contributed by atoms with Gasteiger partial charge in [-0.25, -0.2) is 9.59 Å². The predicted octanol–water partition coefficient (Wildman–Crippen LogP) is 3.49. The van der Waals surface area contributed by atoms with Crippen LogP contribution in [0.25, 0.3) is 0 Å². The summed E-state index contributed by atoms with van der Waals surface area (Å²) in [5.74, 6) is -1.17. The van der Waals surface area contributed by atoms with Gasteiger partial charge in [0.15, 0.2) is 0 Å². The van der Waals surface area contributed by atoms with Gasteiger partial charge in [0, 0.05) is 5.54 Å². The third-order valence-corrected chi connectivity index (χ3v) is 4.16. The smallest absolute Gasteiger partial charge is 0.339 e. The van der Waals surface area contributed by atoms with E-state index < -0.39 is 12.0 Å². The summed E-state index contributed by atoms with van der Waals surface area (Å²) in [6.45, 7) is 2.03. The maximum Gasteiger partial charge on any atom is 0.339 e. The van der Waals surface area contributed by atoms with Crippen molar-refractivity contribution in [2.75, 3.05) is 5.32 Å². The molecule has 3 N–H and O–H groups in total. The summed E-state index contributed by atoms with van der Waals surface area (Å²) in [6.07, 6.45) is 3.88. The Labute approximate surface area is 122 Å². The third kappa shape index (κ3) is 2.88. The molecule has 6 heteroatoms. The fourth-order valence-electron chi connectivity index (χ4n) is 2.41. The molecular formula is C14H17ClN2O3. The van der Waals surface area contributed by atoms with Crippen LogP contribution < -0.4 is 10.6 Å². The second-order valence-electron chi connectivity index (χ2n) is 5.03. The molecule has 1 aromatic carbocycles. The van der Waals surface area contributed by atoms with Crippen LogP contribution in [-0.2, 0) is 0 Å². The number of rotatable bonds is 4. The van der Waals surface area contributed by atoms with Gasteiger partial charge in [0.2, 0.25) is 0 Å². The quantitative estimate of drug-likeness (QED) is 0.796. The molecule has 2 amide bonds. The Morgan fingerprint density at radius 2 is 2.10 bits per heavy atom. The number of carbonyl (C=O) groups is 2. The van der Waals surface area contributed by atoms with Crippen LogP contribution >= 0.6 is 11.6 Å². The lowest BCUT2D eigenvalue weighted by atomic mass is 9.75. The average molecular weight is 297 g/mol. The molecule has 0 bridgehead atoms. The molecule has 0 atom stereocenters. The van der Waals surface area contributed by atoms with Crippen molar-refractivity contribution in [3.8, 4) is 0 Å². The van der Waals surface area contributed by atoms with Crippen molar-refractivity contribution in [1.29, 1.82) is 0 Å². The summed E-state index contributed by atoms with van der Waals surface area (Å²) in [6, 6.07) is 4.21. The topological polar surface area (TPSA) is 78.4 Å². The van der Waals surface area contributed by atoms with E-state index in [1.165, 1.54) is 12.1 Å². The molecule has 0 spiro atoms. The highest BCUT2D eigenvalue weighted by molar-refractivity contribution is 6.34. The van der Waals surface area contributed by atoms with Crippen LogP contribution in [0, 0.1) is 0 Å². The lowest BCUT2D eigenvalue weighted by Gasteiger charge is -2.41. The van der Waals surface area contributed by atoms with E-state index in [9.17, 15) is 9.59 Å². The standard InChI is InChI=1S/C14H17ClN2O3/c1-2-14(7-4-8-14)17-13(20)16-10-6-3-5-9(15)11(10)12(18)19/h3,5-6H,2,4,7-8H2,1H3,(H,18,19)(H2,16,17,20). The molecule has 5 nitrogen and oxygen atoms in total. The summed E-state index contributed by atoms with van der Waals surface area (Å²) in [4.78, 5) is 23.2. The number of urea groups is 1. The number of amides is 2. The van der Waals surface area contributed by atoms with Crippen molar-refractivity contribution in [1.82, 2.24) is 5.32 Å². The Morgan fingerprint density at radius 1 is 1.40 bits per heavy atom. The second-order valence-corrected chi connectivity index (χ2v) is 5.44. The largest absolute Gasteiger partial charge is 0.478 e. The molecule has 0 aliphatic heterocycles. The second kappa shape index (κ2) is 5.71. The van der Waals surface area contributed by atoms with Gasteiger partial charge in [-0.1, -0.05) is 24.6 Å². The molecule has 0 unspecified atom stereocenters. The normalized spacial score (nSPS) is 16.1. The number of carboxylic acids is 1. The molecule has 1 aromatic rings. The Bertz CT molecular complexity index is 536. The molecule has 0 saturated heterocycles. The van der Waals surface area contributed by atoms with Crippen molar-refractivity contribution < 1.29 is 14.7 Å². The van der Waals surface area contributed by atoms with Gasteiger partial charge in [-0.3, -0.25) is 0 Å². The first-order valence-corrected chi connectivity index (χ1v) is 6.96. The van der Waals surface area contributed by atoms with Gasteiger partial charge >= 0.3 is 12.0 Å². The fourth-order valence-corrected chi connectivity index (χ4v) is 2.67. The monoisotopic (exact) mass is 296 g/mol. The molecule has 108 valence electrons. The summed E-state index contributed by atoms with van der Waals surface area (Å²) < 4.78 is 0. The molecule has 1 aliphatic rings. The van der Waals surface area contributed by atoms with E-state index in [1.54, 1.807) is 6.07 Å². The summed E-state index contributed by atoms with van der Waals surface area (Å²) in [7, 11) is 0. The van der Waals surface area contributed by atoms with E-state index in [-0.39, 0.29) is 21.8 Å². The van der Waals surface area contributed by atoms with Crippen LogP contribution in [0.5, 0.6) is 0 Å². The highest BCUT2D eigenvalue weighted by atomic mass is 35.5. The number of hydrogen-bond acceptors (Lipinski definition) is 2. The molecule has 0 aromatic heterocycles. The summed E-state index contributed by atoms with van der Waals surface area (Å²) in [5.41, 5.74) is -0.0389. The van der Waals surface area contributed by atoms with Crippen LogP contribution in [0.3, 0.4) is 0 Å². The zero-order valence-corrected chi connectivity index (χ0v) is 12.0. The first-order valence-electron chi connectivity index (χ1n) is 6.58. The Balaban J connectivity index is 2.12. The summed E-state index contributed by atoms with van der Waals surface area (Å²) >= 11 is 5.85. The zero-order valence-electron chi connectivity index (χ0n) is 11.2. The fraction of sp³-hybridized carbons (Fsp3) is 0.429. The van der Waals surface area contributed by atoms with Gasteiger partial charge in [-0.05, 0) is 37.8 Å². The Hall–Kier alpha value is -1.75. The average Bonchev–Trinajstić information content (AvgIpc) is 2.33. The number of carboxylic acid groups (broad SMARTS) is 1. The molecule has 0 heterocycles. The Morgan fingerprint density at radius 3 is 2.60 bits per heavy atom. The van der Waals surface area contributed by atoms with E-state index >= 15 is 0 Å². The van der Waals surface area contributed by atoms with Crippen LogP contribution in [-0.4, -0.2) is 22.6 Å². The molecule has 20 heavy (non-hydrogen) atoms. The number of anilines is 1. The molecule has 1 saturated carbocycles. The van der Waals surface area contributed by atoms with Gasteiger partial charge in [0.05, 0.1) is 10.7 Å². The summed E-state index contributed by atoms with van der Waals surface area (Å²) in [5, 5.41) is 14.7. The first kappa shape index (κ1) is 14.7. The zero-order chi connectivity index (χ0) is 14.8. The van der Waals surface area contributed by atoms with E-state index in [1.807, 2.05) is 6.92 Å². The first-order chi connectivity index (χ1) is 9.47. The van der Waals surface area contributed by atoms with Gasteiger partial charge in [-0.15, -0.1) is 0 Å². The van der Waals surface area contributed by atoms with Gasteiger partial charge < -0.3 is 15.7 Å². The number of nitrogens with one attached hydrogen (secondary N) is 2. The molecule has 0 radical (unpaired) electrons. The minimum atomic E-state index is -1.17. The van der Waals surface area contributed by atoms with Gasteiger partial charge in [-0.2, -0.15) is 0 Å². The number of benzene rings is 1. The maximum absolute atomic E-state index is 12.0. The molecule has 2 rings (SSSR count). The van der Waals surface area contributed by atoms with Crippen molar-refractivity contribution in [3.05, 3.63) is 28.8 Å². The molecule has 1 aliphatic carbocycles. The lowest BCUT2D eigenvalue weighted by molar-refractivity contribution is 0.0698. The molecule has 1 fully saturated rings. The third-order valence-electron chi connectivity index (χ3n) is 3.84. The van der Waals surface area contributed by atoms with E-state index in [0.717, 1.165) is 25.7 Å². The molecular weight excluding hydrogens is 280 g/mol. The van der Waals surface area contributed by atoms with Crippen molar-refractivity contribution in [2.24, 2.45) is 0 Å². The van der Waals surface area contributed by atoms with Gasteiger partial charge in [0.25, 0.3) is 0 Å². The minimum Gasteiger partial charge on any atom is -0.478 e. The van der Waals surface area contributed by atoms with Crippen LogP contribution in [0.2, 0.25) is 5.02 Å². The van der Waals surface area contributed by atoms with E-state index in [4.69, 9.17) is 16.7 Å². The van der Waals surface area contributed by atoms with Crippen molar-refractivity contribution in [3.63, 3.8) is 0 Å². The van der Waals surface area contributed by atoms with Crippen LogP contribution in [0.15, 0.2) is 18.2 Å². The number of halogens is 1. The van der Waals surface area contributed by atoms with Crippen molar-refractivity contribution in [2.45, 2.75) is 38.1 Å². The number of aromatic carboxylic acids is 1. The lowest BCUT2D eigenvalue weighted by Crippen LogP contribution is -2.54. The highest BCUT2D eigenvalue weighted by Gasteiger charge is 2.36.